The number of hydrogen-bond donors (Lipinski definition) is 0. The first-order valence-corrected chi connectivity index (χ1v) is 15.8. The molecule has 208 valence electrons. The van der Waals surface area contributed by atoms with Gasteiger partial charge in [-0.15, -0.1) is 0 Å². The van der Waals surface area contributed by atoms with Crippen LogP contribution < -0.4 is 0 Å². The van der Waals surface area contributed by atoms with Gasteiger partial charge < -0.3 is 0 Å². The quantitative estimate of drug-likeness (QED) is 0.189. The lowest BCUT2D eigenvalue weighted by molar-refractivity contribution is 0.304. The molecule has 6 rings (SSSR count). The minimum atomic E-state index is -0.0629. The van der Waals surface area contributed by atoms with Gasteiger partial charge >= 0.3 is 0 Å². The summed E-state index contributed by atoms with van der Waals surface area (Å²) < 4.78 is 0. The number of unbranched alkanes of at least 4 members (excludes halogenated alkanes) is 2. The number of allylic oxidation sites excluding steroid dienone is 2. The van der Waals surface area contributed by atoms with Gasteiger partial charge in [-0.1, -0.05) is 138 Å². The molecule has 2 aliphatic carbocycles. The van der Waals surface area contributed by atoms with Crippen molar-refractivity contribution in [2.75, 3.05) is 0 Å². The van der Waals surface area contributed by atoms with Crippen LogP contribution in [0.5, 0.6) is 0 Å². The molecule has 0 saturated heterocycles. The van der Waals surface area contributed by atoms with E-state index in [9.17, 15) is 0 Å². The van der Waals surface area contributed by atoms with Crippen molar-refractivity contribution in [1.82, 2.24) is 0 Å². The third-order valence-electron chi connectivity index (χ3n) is 9.61. The Labute approximate surface area is 247 Å². The van der Waals surface area contributed by atoms with Crippen LogP contribution in [0.25, 0.3) is 23.3 Å². The van der Waals surface area contributed by atoms with Crippen LogP contribution in [-0.2, 0) is 12.8 Å². The Morgan fingerprint density at radius 3 is 1.32 bits per heavy atom. The minimum absolute atomic E-state index is 0.0629. The van der Waals surface area contributed by atoms with E-state index in [-0.39, 0.29) is 5.41 Å². The molecule has 0 N–H and O–H groups in total. The Bertz CT molecular complexity index is 1450. The van der Waals surface area contributed by atoms with Crippen LogP contribution in [0.3, 0.4) is 0 Å². The summed E-state index contributed by atoms with van der Waals surface area (Å²) in [6, 6.07) is 36.5. The first-order chi connectivity index (χ1) is 20.0. The van der Waals surface area contributed by atoms with E-state index in [2.05, 4.69) is 137 Å². The van der Waals surface area contributed by atoms with Crippen molar-refractivity contribution >= 4 is 23.3 Å². The van der Waals surface area contributed by atoms with Crippen LogP contribution in [-0.4, -0.2) is 0 Å². The fourth-order valence-corrected chi connectivity index (χ4v) is 7.64. The van der Waals surface area contributed by atoms with Gasteiger partial charge in [-0.2, -0.15) is 0 Å². The van der Waals surface area contributed by atoms with Gasteiger partial charge in [0, 0.05) is 11.8 Å². The van der Waals surface area contributed by atoms with Gasteiger partial charge in [-0.05, 0) is 98.9 Å². The van der Waals surface area contributed by atoms with E-state index in [1.54, 1.807) is 0 Å². The minimum Gasteiger partial charge on any atom is -0.0654 e. The smallest absolute Gasteiger partial charge is 0.0162 e. The van der Waals surface area contributed by atoms with Gasteiger partial charge in [0.2, 0.25) is 0 Å². The van der Waals surface area contributed by atoms with Crippen LogP contribution in [0.15, 0.2) is 97.1 Å². The average Bonchev–Trinajstić information content (AvgIpc) is 3.61. The zero-order chi connectivity index (χ0) is 28.4. The van der Waals surface area contributed by atoms with E-state index in [1.165, 1.54) is 81.3 Å². The van der Waals surface area contributed by atoms with Gasteiger partial charge in [0.05, 0.1) is 0 Å². The fraction of sp³-hybridized carbons (Fsp3) is 0.317. The Balaban J connectivity index is 1.54. The van der Waals surface area contributed by atoms with Gasteiger partial charge in [-0.3, -0.25) is 0 Å². The number of rotatable bonds is 10. The first kappa shape index (κ1) is 27.5. The second kappa shape index (κ2) is 11.7. The highest BCUT2D eigenvalue weighted by atomic mass is 14.5. The zero-order valence-electron chi connectivity index (χ0n) is 25.3. The van der Waals surface area contributed by atoms with E-state index >= 15 is 0 Å². The molecule has 4 aromatic carbocycles. The second-order valence-corrected chi connectivity index (χ2v) is 12.7. The topological polar surface area (TPSA) is 0 Å². The van der Waals surface area contributed by atoms with Crippen LogP contribution >= 0.6 is 0 Å². The maximum atomic E-state index is 2.54. The summed E-state index contributed by atoms with van der Waals surface area (Å²) >= 11 is 0. The predicted molar refractivity (Wildman–Crippen MR) is 178 cm³/mol. The van der Waals surface area contributed by atoms with Crippen molar-refractivity contribution in [2.45, 2.75) is 78.1 Å². The second-order valence-electron chi connectivity index (χ2n) is 12.7. The van der Waals surface area contributed by atoms with Crippen molar-refractivity contribution in [3.8, 4) is 0 Å². The normalized spacial score (nSPS) is 17.7. The van der Waals surface area contributed by atoms with Gasteiger partial charge in [0.1, 0.15) is 0 Å². The molecule has 0 amide bonds. The largest absolute Gasteiger partial charge is 0.0654 e. The predicted octanol–water partition coefficient (Wildman–Crippen LogP) is 11.4. The molecule has 2 aliphatic rings. The van der Waals surface area contributed by atoms with Gasteiger partial charge in [0.15, 0.2) is 0 Å². The molecule has 0 aliphatic heterocycles. The molecule has 0 aromatic heterocycles. The van der Waals surface area contributed by atoms with E-state index in [0.29, 0.717) is 11.8 Å². The molecule has 0 bridgehead atoms. The van der Waals surface area contributed by atoms with Crippen LogP contribution in [0.2, 0.25) is 0 Å². The van der Waals surface area contributed by atoms with Gasteiger partial charge in [0.25, 0.3) is 0 Å². The Morgan fingerprint density at radius 2 is 0.927 bits per heavy atom. The first-order valence-electron chi connectivity index (χ1n) is 15.8. The van der Waals surface area contributed by atoms with E-state index in [4.69, 9.17) is 0 Å². The summed E-state index contributed by atoms with van der Waals surface area (Å²) in [5.74, 6) is 0.590. The lowest BCUT2D eigenvalue weighted by Gasteiger charge is -2.42. The molecular weight excluding hydrogens is 492 g/mol. The molecule has 0 radical (unpaired) electrons. The highest BCUT2D eigenvalue weighted by Gasteiger charge is 2.47. The number of aryl methyl sites for hydroxylation is 2. The lowest BCUT2D eigenvalue weighted by Crippen LogP contribution is -2.30. The van der Waals surface area contributed by atoms with Crippen molar-refractivity contribution in [3.63, 3.8) is 0 Å². The number of hydrogen-bond acceptors (Lipinski definition) is 0. The summed E-state index contributed by atoms with van der Waals surface area (Å²) in [4.78, 5) is 0. The molecule has 4 aromatic rings. The highest BCUT2D eigenvalue weighted by Crippen LogP contribution is 2.62. The lowest BCUT2D eigenvalue weighted by atomic mass is 9.61. The van der Waals surface area contributed by atoms with Crippen molar-refractivity contribution < 1.29 is 0 Å². The van der Waals surface area contributed by atoms with Gasteiger partial charge in [-0.25, -0.2) is 0 Å². The maximum Gasteiger partial charge on any atom is 0.0162 e. The summed E-state index contributed by atoms with van der Waals surface area (Å²) in [5.41, 5.74) is 14.5. The van der Waals surface area contributed by atoms with E-state index in [0.717, 1.165) is 12.8 Å². The molecule has 2 atom stereocenters. The van der Waals surface area contributed by atoms with E-state index in [1.807, 2.05) is 0 Å². The van der Waals surface area contributed by atoms with Crippen LogP contribution in [0.4, 0.5) is 0 Å². The third kappa shape index (κ3) is 5.03. The molecular formula is C41H44. The average molecular weight is 537 g/mol. The Hall–Kier alpha value is -3.64. The summed E-state index contributed by atoms with van der Waals surface area (Å²) in [6.45, 7) is 9.67. The molecule has 0 fully saturated rings. The maximum absolute atomic E-state index is 2.54. The zero-order valence-corrected chi connectivity index (χ0v) is 25.3. The molecule has 41 heavy (non-hydrogen) atoms. The molecule has 0 nitrogen and oxygen atoms in total. The summed E-state index contributed by atoms with van der Waals surface area (Å²) in [5, 5.41) is 0. The number of fused-ring (bicyclic) bond motifs is 2. The van der Waals surface area contributed by atoms with E-state index < -0.39 is 0 Å². The fourth-order valence-electron chi connectivity index (χ4n) is 7.64. The molecule has 0 heterocycles. The van der Waals surface area contributed by atoms with Crippen molar-refractivity contribution in [3.05, 3.63) is 142 Å². The highest BCUT2D eigenvalue weighted by molar-refractivity contribution is 5.96. The Kier molecular flexibility index (Phi) is 7.85. The summed E-state index contributed by atoms with van der Waals surface area (Å²) in [6.07, 6.45) is 12.3. The number of benzene rings is 4. The van der Waals surface area contributed by atoms with Crippen molar-refractivity contribution in [2.24, 2.45) is 5.41 Å². The van der Waals surface area contributed by atoms with Crippen molar-refractivity contribution in [1.29, 1.82) is 0 Å². The molecule has 2 unspecified atom stereocenters. The summed E-state index contributed by atoms with van der Waals surface area (Å²) in [7, 11) is 0. The molecule has 0 spiro atoms. The standard InChI is InChI=1S/C41H44/c1-5-7-17-29-23-15-25-33-35(29)27-37(31-19-11-9-12-20-31)39(33)41(3,4)40-34-26-16-24-30(18-8-6-2)36(34)28-38(40)32-21-13-10-14-22-32/h9-16,19-28,39-40H,5-8,17-18H2,1-4H3. The molecule has 0 saturated carbocycles. The Morgan fingerprint density at radius 1 is 0.512 bits per heavy atom. The SMILES string of the molecule is CCCCc1cccc2c1C=C(c1ccccc1)C2C(C)(C)C1C(c2ccccc2)=Cc2c(CCCC)cccc21. The van der Waals surface area contributed by atoms with Crippen LogP contribution in [0, 0.1) is 5.41 Å². The third-order valence-corrected chi connectivity index (χ3v) is 9.61. The monoisotopic (exact) mass is 536 g/mol. The molecule has 0 heteroatoms. The van der Waals surface area contributed by atoms with Crippen LogP contribution in [0.1, 0.15) is 110 Å².